The molecule has 7 heteroatoms. The number of fused-ring (bicyclic) bond motifs is 1. The summed E-state index contributed by atoms with van der Waals surface area (Å²) >= 11 is 1.21. The van der Waals surface area contributed by atoms with Gasteiger partial charge in [-0.3, -0.25) is 0 Å². The maximum absolute atomic E-state index is 12.1. The Morgan fingerprint density at radius 1 is 1.17 bits per heavy atom. The second kappa shape index (κ2) is 8.51. The molecule has 0 bridgehead atoms. The lowest BCUT2D eigenvalue weighted by molar-refractivity contribution is 0.0531. The van der Waals surface area contributed by atoms with Crippen molar-refractivity contribution < 1.29 is 18.7 Å². The molecule has 0 N–H and O–H groups in total. The summed E-state index contributed by atoms with van der Waals surface area (Å²) in [5, 5.41) is 1.95. The van der Waals surface area contributed by atoms with Crippen LogP contribution >= 0.6 is 11.3 Å². The van der Waals surface area contributed by atoms with E-state index in [0.717, 1.165) is 10.9 Å². The molecule has 0 saturated carbocycles. The average molecular weight is 420 g/mol. The monoisotopic (exact) mass is 420 g/mol. The Balaban J connectivity index is 1.92. The van der Waals surface area contributed by atoms with Crippen LogP contribution in [0.25, 0.3) is 22.3 Å². The van der Waals surface area contributed by atoms with Crippen LogP contribution in [0, 0.1) is 6.92 Å². The van der Waals surface area contributed by atoms with Gasteiger partial charge < -0.3 is 13.9 Å². The predicted molar refractivity (Wildman–Crippen MR) is 116 cm³/mol. The lowest BCUT2D eigenvalue weighted by atomic mass is 10.1. The van der Waals surface area contributed by atoms with Crippen molar-refractivity contribution in [3.05, 3.63) is 70.5 Å². The van der Waals surface area contributed by atoms with E-state index in [1.807, 2.05) is 54.6 Å². The highest BCUT2D eigenvalue weighted by atomic mass is 32.1. The summed E-state index contributed by atoms with van der Waals surface area (Å²) in [6, 6.07) is 17.3. The average Bonchev–Trinajstić information content (AvgIpc) is 3.14. The van der Waals surface area contributed by atoms with Crippen molar-refractivity contribution in [1.29, 1.82) is 0 Å². The first-order valence-corrected chi connectivity index (χ1v) is 10.3. The van der Waals surface area contributed by atoms with E-state index in [9.17, 15) is 4.79 Å². The van der Waals surface area contributed by atoms with Gasteiger partial charge in [0.15, 0.2) is 0 Å². The van der Waals surface area contributed by atoms with Crippen LogP contribution in [0.2, 0.25) is 0 Å². The number of thiazole rings is 1. The third-order valence-electron chi connectivity index (χ3n) is 4.47. The highest BCUT2D eigenvalue weighted by molar-refractivity contribution is 7.17. The maximum Gasteiger partial charge on any atom is 0.350 e. The quantitative estimate of drug-likeness (QED) is 0.411. The molecule has 0 amide bonds. The van der Waals surface area contributed by atoms with Crippen LogP contribution in [0.4, 0.5) is 5.13 Å². The smallest absolute Gasteiger partial charge is 0.350 e. The van der Waals surface area contributed by atoms with Crippen LogP contribution in [-0.4, -0.2) is 24.7 Å². The minimum absolute atomic E-state index is 0.313. The fourth-order valence-corrected chi connectivity index (χ4v) is 3.88. The second-order valence-electron chi connectivity index (χ2n) is 6.47. The zero-order valence-corrected chi connectivity index (χ0v) is 17.7. The first-order chi connectivity index (χ1) is 14.6. The van der Waals surface area contributed by atoms with Gasteiger partial charge in [0.2, 0.25) is 5.13 Å². The molecule has 2 heterocycles. The van der Waals surface area contributed by atoms with Crippen molar-refractivity contribution in [3.8, 4) is 17.1 Å². The second-order valence-corrected chi connectivity index (χ2v) is 7.44. The van der Waals surface area contributed by atoms with Crippen LogP contribution in [-0.2, 0) is 4.74 Å². The Morgan fingerprint density at radius 3 is 2.70 bits per heavy atom. The van der Waals surface area contributed by atoms with Gasteiger partial charge in [0.1, 0.15) is 22.0 Å². The van der Waals surface area contributed by atoms with Gasteiger partial charge in [0.05, 0.1) is 24.8 Å². The lowest BCUT2D eigenvalue weighted by Gasteiger charge is -2.06. The van der Waals surface area contributed by atoms with Gasteiger partial charge in [-0.1, -0.05) is 41.7 Å². The molecule has 2 aromatic heterocycles. The third kappa shape index (κ3) is 3.97. The molecule has 0 atom stereocenters. The summed E-state index contributed by atoms with van der Waals surface area (Å²) in [7, 11) is 1.61. The number of nitrogens with zero attached hydrogens (tertiary/aromatic N) is 2. The van der Waals surface area contributed by atoms with Crippen LogP contribution in [0.1, 0.15) is 22.3 Å². The molecule has 4 aromatic rings. The van der Waals surface area contributed by atoms with Crippen molar-refractivity contribution in [2.75, 3.05) is 13.7 Å². The number of carbonyl (C=O) groups excluding carboxylic acids is 1. The number of methoxy groups -OCH3 is 1. The lowest BCUT2D eigenvalue weighted by Crippen LogP contribution is -2.03. The molecule has 0 aliphatic carbocycles. The van der Waals surface area contributed by atoms with Gasteiger partial charge in [0, 0.05) is 17.0 Å². The van der Waals surface area contributed by atoms with E-state index < -0.39 is 0 Å². The normalized spacial score (nSPS) is 11.6. The van der Waals surface area contributed by atoms with Gasteiger partial charge >= 0.3 is 5.97 Å². The molecular formula is C23H20N2O4S. The number of rotatable bonds is 5. The first kappa shape index (κ1) is 19.8. The summed E-state index contributed by atoms with van der Waals surface area (Å²) < 4.78 is 16.6. The number of aromatic nitrogens is 1. The first-order valence-electron chi connectivity index (χ1n) is 9.45. The number of ether oxygens (including phenoxy) is 2. The van der Waals surface area contributed by atoms with E-state index in [1.165, 1.54) is 11.3 Å². The minimum atomic E-state index is -0.381. The minimum Gasteiger partial charge on any atom is -0.497 e. The SMILES string of the molecule is CCOC(=O)c1sc(/N=c2\cc(-c3ccccc3)oc3ccc(OC)cc23)nc1C. The maximum atomic E-state index is 12.1. The van der Waals surface area contributed by atoms with E-state index in [0.29, 0.717) is 44.8 Å². The van der Waals surface area contributed by atoms with Crippen LogP contribution in [0.15, 0.2) is 64.0 Å². The van der Waals surface area contributed by atoms with Crippen molar-refractivity contribution in [3.63, 3.8) is 0 Å². The Kier molecular flexibility index (Phi) is 5.63. The van der Waals surface area contributed by atoms with Crippen molar-refractivity contribution in [2.24, 2.45) is 4.99 Å². The van der Waals surface area contributed by atoms with Gasteiger partial charge in [-0.2, -0.15) is 0 Å². The molecule has 4 rings (SSSR count). The van der Waals surface area contributed by atoms with Crippen molar-refractivity contribution in [1.82, 2.24) is 4.98 Å². The molecule has 152 valence electrons. The van der Waals surface area contributed by atoms with Crippen LogP contribution in [0.3, 0.4) is 0 Å². The summed E-state index contributed by atoms with van der Waals surface area (Å²) in [5.74, 6) is 1.00. The van der Waals surface area contributed by atoms with Crippen molar-refractivity contribution in [2.45, 2.75) is 13.8 Å². The number of hydrogen-bond donors (Lipinski definition) is 0. The standard InChI is InChI=1S/C23H20N2O4S/c1-4-28-22(26)21-14(2)24-23(30-21)25-18-13-20(15-8-6-5-7-9-15)29-19-11-10-16(27-3)12-17(18)19/h5-13H,4H2,1-3H3/b25-18+. The number of aryl methyl sites for hydroxylation is 1. The van der Waals surface area contributed by atoms with Crippen molar-refractivity contribution >= 4 is 33.4 Å². The molecule has 30 heavy (non-hydrogen) atoms. The van der Waals surface area contributed by atoms with E-state index in [1.54, 1.807) is 21.0 Å². The number of hydrogen-bond acceptors (Lipinski definition) is 7. The summed E-state index contributed by atoms with van der Waals surface area (Å²) in [4.78, 5) is 21.8. The molecular weight excluding hydrogens is 400 g/mol. The van der Waals surface area contributed by atoms with E-state index in [2.05, 4.69) is 4.98 Å². The van der Waals surface area contributed by atoms with Crippen LogP contribution in [0.5, 0.6) is 5.75 Å². The van der Waals surface area contributed by atoms with Gasteiger partial charge in [-0.15, -0.1) is 0 Å². The fraction of sp³-hybridized carbons (Fsp3) is 0.174. The van der Waals surface area contributed by atoms with E-state index in [4.69, 9.17) is 18.9 Å². The summed E-state index contributed by atoms with van der Waals surface area (Å²) in [6.45, 7) is 3.87. The zero-order valence-electron chi connectivity index (χ0n) is 16.8. The third-order valence-corrected chi connectivity index (χ3v) is 5.50. The van der Waals surface area contributed by atoms with Gasteiger partial charge in [-0.05, 0) is 32.0 Å². The predicted octanol–water partition coefficient (Wildman–Crippen LogP) is 5.28. The van der Waals surface area contributed by atoms with Gasteiger partial charge in [0.25, 0.3) is 0 Å². The highest BCUT2D eigenvalue weighted by Crippen LogP contribution is 2.28. The topological polar surface area (TPSA) is 73.9 Å². The molecule has 0 spiro atoms. The molecule has 0 aliphatic rings. The number of carbonyl (C=O) groups is 1. The molecule has 2 aromatic carbocycles. The Bertz CT molecular complexity index is 1280. The molecule has 6 nitrogen and oxygen atoms in total. The Morgan fingerprint density at radius 2 is 1.97 bits per heavy atom. The number of benzene rings is 2. The summed E-state index contributed by atoms with van der Waals surface area (Å²) in [6.07, 6.45) is 0. The fourth-order valence-electron chi connectivity index (χ4n) is 3.03. The van der Waals surface area contributed by atoms with Gasteiger partial charge in [-0.25, -0.2) is 14.8 Å². The largest absolute Gasteiger partial charge is 0.497 e. The Hall–Kier alpha value is -3.45. The zero-order chi connectivity index (χ0) is 21.1. The molecule has 0 unspecified atom stereocenters. The van der Waals surface area contributed by atoms with E-state index in [-0.39, 0.29) is 5.97 Å². The van der Waals surface area contributed by atoms with E-state index >= 15 is 0 Å². The van der Waals surface area contributed by atoms with Crippen LogP contribution < -0.4 is 10.1 Å². The molecule has 0 fully saturated rings. The number of esters is 1. The molecule has 0 saturated heterocycles. The highest BCUT2D eigenvalue weighted by Gasteiger charge is 2.16. The molecule has 0 radical (unpaired) electrons. The summed E-state index contributed by atoms with van der Waals surface area (Å²) in [5.41, 5.74) is 2.21. The Labute approximate surface area is 177 Å². The molecule has 0 aliphatic heterocycles.